The number of phenolic OH excluding ortho intramolecular Hbond substituents is 3. The van der Waals surface area contributed by atoms with Crippen LogP contribution < -0.4 is 4.74 Å². The highest BCUT2D eigenvalue weighted by Crippen LogP contribution is 2.56. The van der Waals surface area contributed by atoms with Crippen LogP contribution in [0.5, 0.6) is 23.0 Å². The van der Waals surface area contributed by atoms with Gasteiger partial charge in [-0.15, -0.1) is 0 Å². The number of aryl methyl sites for hydroxylation is 5. The molecule has 7 heteroatoms. The van der Waals surface area contributed by atoms with Crippen LogP contribution >= 0.6 is 0 Å². The lowest BCUT2D eigenvalue weighted by atomic mass is 9.65. The number of furan rings is 2. The van der Waals surface area contributed by atoms with Crippen molar-refractivity contribution < 1.29 is 34.0 Å². The third-order valence-electron chi connectivity index (χ3n) is 14.7. The molecule has 1 fully saturated rings. The molecule has 4 N–H and O–H groups in total. The molecule has 1 aliphatic heterocycles. The molecule has 0 saturated heterocycles. The van der Waals surface area contributed by atoms with E-state index in [0.29, 0.717) is 29.1 Å². The highest BCUT2D eigenvalue weighted by atomic mass is 16.5. The number of hydrogen-bond donors (Lipinski definition) is 4. The first-order valence-electron chi connectivity index (χ1n) is 25.6. The van der Waals surface area contributed by atoms with Crippen LogP contribution in [-0.2, 0) is 19.3 Å². The fourth-order valence-electron chi connectivity index (χ4n) is 11.0. The third-order valence-corrected chi connectivity index (χ3v) is 14.7. The van der Waals surface area contributed by atoms with E-state index in [9.17, 15) is 20.4 Å². The first kappa shape index (κ1) is 50.5. The molecule has 7 nitrogen and oxygen atoms in total. The van der Waals surface area contributed by atoms with E-state index in [2.05, 4.69) is 91.4 Å². The molecule has 2 aliphatic rings. The van der Waals surface area contributed by atoms with Crippen molar-refractivity contribution in [3.8, 4) is 23.0 Å². The zero-order chi connectivity index (χ0) is 49.2. The Labute approximate surface area is 405 Å². The second kappa shape index (κ2) is 21.1. The van der Waals surface area contributed by atoms with Crippen LogP contribution in [0, 0.1) is 25.7 Å². The average molecular weight is 923 g/mol. The highest BCUT2D eigenvalue weighted by Gasteiger charge is 2.51. The third kappa shape index (κ3) is 10.3. The minimum Gasteiger partial charge on any atom is -0.508 e. The predicted molar refractivity (Wildman–Crippen MR) is 283 cm³/mol. The maximum absolute atomic E-state index is 10.6. The number of ether oxygens (including phenoxy) is 1. The molecular formula is C61H78O7. The Balaban J connectivity index is 0.000000151. The number of aromatic hydroxyl groups is 3. The van der Waals surface area contributed by atoms with Crippen molar-refractivity contribution in [2.45, 2.75) is 177 Å². The van der Waals surface area contributed by atoms with E-state index in [4.69, 9.17) is 13.6 Å². The van der Waals surface area contributed by atoms with E-state index >= 15 is 0 Å². The lowest BCUT2D eigenvalue weighted by Gasteiger charge is -2.42. The molecule has 0 bridgehead atoms. The number of hydrogen-bond acceptors (Lipinski definition) is 7. The van der Waals surface area contributed by atoms with Gasteiger partial charge in [0.2, 0.25) is 0 Å². The second-order valence-corrected chi connectivity index (χ2v) is 21.0. The van der Waals surface area contributed by atoms with Crippen LogP contribution in [0.1, 0.15) is 176 Å². The predicted octanol–water partition coefficient (Wildman–Crippen LogP) is 16.8. The SMILES string of the molecule is C=C(C)c1ccc(C)c2oc3cc(CCCCC)cc(O)c3c12.CCCCCc1cc(O)c2c(c1)oc1c(C)ccc(C(C)C)c12.CCCc1cc(O)c2c(c1)OC1C(C)CCC(C(C)(C)O)C21. The van der Waals surface area contributed by atoms with E-state index in [1.165, 1.54) is 31.2 Å². The zero-order valence-corrected chi connectivity index (χ0v) is 42.9. The maximum Gasteiger partial charge on any atom is 0.139 e. The number of fused-ring (bicyclic) bond motifs is 9. The van der Waals surface area contributed by atoms with E-state index in [1.807, 2.05) is 52.0 Å². The van der Waals surface area contributed by atoms with E-state index < -0.39 is 5.60 Å². The summed E-state index contributed by atoms with van der Waals surface area (Å²) in [4.78, 5) is 0. The summed E-state index contributed by atoms with van der Waals surface area (Å²) < 4.78 is 18.5. The molecule has 0 radical (unpaired) electrons. The van der Waals surface area contributed by atoms with Crippen LogP contribution in [0.25, 0.3) is 49.5 Å². The Morgan fingerprint density at radius 1 is 0.676 bits per heavy atom. The summed E-state index contributed by atoms with van der Waals surface area (Å²) in [6.45, 7) is 27.0. The quantitative estimate of drug-likeness (QED) is 0.0851. The molecule has 3 heterocycles. The normalized spacial score (nSPS) is 17.8. The molecule has 0 amide bonds. The molecule has 1 aliphatic carbocycles. The lowest BCUT2D eigenvalue weighted by molar-refractivity contribution is -0.0432. The number of unbranched alkanes of at least 4 members (excludes halogenated alkanes) is 4. The Bertz CT molecular complexity index is 2900. The van der Waals surface area contributed by atoms with Gasteiger partial charge in [-0.2, -0.15) is 0 Å². The molecule has 7 aromatic rings. The molecule has 0 spiro atoms. The molecule has 9 rings (SSSR count). The second-order valence-electron chi connectivity index (χ2n) is 21.0. The monoisotopic (exact) mass is 923 g/mol. The largest absolute Gasteiger partial charge is 0.508 e. The average Bonchev–Trinajstić information content (AvgIpc) is 3.98. The van der Waals surface area contributed by atoms with Gasteiger partial charge in [0.15, 0.2) is 0 Å². The van der Waals surface area contributed by atoms with Gasteiger partial charge in [0.05, 0.1) is 16.4 Å². The lowest BCUT2D eigenvalue weighted by Crippen LogP contribution is -2.45. The summed E-state index contributed by atoms with van der Waals surface area (Å²) in [5, 5.41) is 46.1. The molecule has 4 atom stereocenters. The van der Waals surface area contributed by atoms with Gasteiger partial charge in [-0.3, -0.25) is 0 Å². The summed E-state index contributed by atoms with van der Waals surface area (Å²) in [6, 6.07) is 20.3. The minimum absolute atomic E-state index is 0.0722. The van der Waals surface area contributed by atoms with Gasteiger partial charge in [-0.05, 0) is 173 Å². The van der Waals surface area contributed by atoms with Gasteiger partial charge in [-0.25, -0.2) is 0 Å². The Morgan fingerprint density at radius 2 is 1.21 bits per heavy atom. The van der Waals surface area contributed by atoms with Crippen molar-refractivity contribution in [3.05, 3.63) is 112 Å². The number of aliphatic hydroxyl groups is 1. The fourth-order valence-corrected chi connectivity index (χ4v) is 11.0. The number of benzene rings is 5. The van der Waals surface area contributed by atoms with Gasteiger partial charge < -0.3 is 34.0 Å². The van der Waals surface area contributed by atoms with Crippen LogP contribution in [0.15, 0.2) is 76.1 Å². The van der Waals surface area contributed by atoms with Gasteiger partial charge in [0.1, 0.15) is 51.4 Å². The van der Waals surface area contributed by atoms with Crippen molar-refractivity contribution >= 4 is 49.5 Å². The minimum atomic E-state index is -0.761. The number of allylic oxidation sites excluding steroid dienone is 1. The van der Waals surface area contributed by atoms with Crippen LogP contribution in [-0.4, -0.2) is 32.1 Å². The van der Waals surface area contributed by atoms with Crippen molar-refractivity contribution in [3.63, 3.8) is 0 Å². The van der Waals surface area contributed by atoms with Crippen molar-refractivity contribution in [2.75, 3.05) is 0 Å². The smallest absolute Gasteiger partial charge is 0.139 e. The molecule has 4 unspecified atom stereocenters. The summed E-state index contributed by atoms with van der Waals surface area (Å²) in [7, 11) is 0. The van der Waals surface area contributed by atoms with E-state index in [0.717, 1.165) is 146 Å². The topological polar surface area (TPSA) is 116 Å². The van der Waals surface area contributed by atoms with Crippen LogP contribution in [0.2, 0.25) is 0 Å². The maximum atomic E-state index is 10.6. The Kier molecular flexibility index (Phi) is 15.6. The molecule has 2 aromatic heterocycles. The van der Waals surface area contributed by atoms with E-state index in [-0.39, 0.29) is 17.9 Å². The summed E-state index contributed by atoms with van der Waals surface area (Å²) >= 11 is 0. The molecular weight excluding hydrogens is 845 g/mol. The van der Waals surface area contributed by atoms with Crippen molar-refractivity contribution in [1.82, 2.24) is 0 Å². The van der Waals surface area contributed by atoms with Crippen LogP contribution in [0.3, 0.4) is 0 Å². The molecule has 5 aromatic carbocycles. The summed E-state index contributed by atoms with van der Waals surface area (Å²) in [6.07, 6.45) is 13.2. The van der Waals surface area contributed by atoms with Gasteiger partial charge >= 0.3 is 0 Å². The Morgan fingerprint density at radius 3 is 1.74 bits per heavy atom. The molecule has 364 valence electrons. The number of rotatable bonds is 13. The zero-order valence-electron chi connectivity index (χ0n) is 42.9. The fraction of sp³-hybridized carbons (Fsp3) is 0.475. The first-order valence-corrected chi connectivity index (χ1v) is 25.6. The van der Waals surface area contributed by atoms with Crippen LogP contribution in [0.4, 0.5) is 0 Å². The molecule has 1 saturated carbocycles. The summed E-state index contributed by atoms with van der Waals surface area (Å²) in [5.74, 6) is 2.89. The number of phenols is 3. The van der Waals surface area contributed by atoms with Gasteiger partial charge in [0.25, 0.3) is 0 Å². The standard InChI is InChI=1S/C21H26O2.C21H24O2.C19H28O3/c2*1-5-6-7-8-15-11-17(22)20-18(12-15)23-21-14(4)9-10-16(13(2)3)19(20)21;1-5-6-12-9-14(20)17-15(10-12)22-18-11(2)7-8-13(16(17)18)19(3,4)21/h9-13,22H,5-8H2,1-4H3;9-12,22H,2,5-8H2,1,3-4H3;9-11,13,16,18,20-21H,5-8H2,1-4H3. The van der Waals surface area contributed by atoms with E-state index in [1.54, 1.807) is 0 Å². The van der Waals surface area contributed by atoms with Crippen molar-refractivity contribution in [2.24, 2.45) is 11.8 Å². The first-order chi connectivity index (χ1) is 32.4. The van der Waals surface area contributed by atoms with Gasteiger partial charge in [0, 0.05) is 22.3 Å². The summed E-state index contributed by atoms with van der Waals surface area (Å²) in [5.41, 5.74) is 12.4. The highest BCUT2D eigenvalue weighted by molar-refractivity contribution is 6.14. The van der Waals surface area contributed by atoms with Gasteiger partial charge in [-0.1, -0.05) is 110 Å². The van der Waals surface area contributed by atoms with Crippen molar-refractivity contribution in [1.29, 1.82) is 0 Å². The Hall–Kier alpha value is -5.40. The molecule has 68 heavy (non-hydrogen) atoms.